The summed E-state index contributed by atoms with van der Waals surface area (Å²) in [7, 11) is -12.4. The van der Waals surface area contributed by atoms with E-state index in [0.717, 1.165) is 19.2 Å². The van der Waals surface area contributed by atoms with Gasteiger partial charge in [-0.05, 0) is 67.6 Å². The molecule has 0 radical (unpaired) electrons. The molecule has 0 saturated carbocycles. The van der Waals surface area contributed by atoms with Gasteiger partial charge in [0.15, 0.2) is 27.7 Å². The number of para-hydroxylation sites is 2. The van der Waals surface area contributed by atoms with Crippen molar-refractivity contribution in [1.29, 1.82) is 5.26 Å². The number of hydrogen-bond donors (Lipinski definition) is 8. The molecule has 5 aromatic carbocycles. The molecule has 33 nitrogen and oxygen atoms in total. The van der Waals surface area contributed by atoms with Crippen molar-refractivity contribution >= 4 is 155 Å². The van der Waals surface area contributed by atoms with Crippen LogP contribution in [0, 0.1) is 18.3 Å². The summed E-state index contributed by atoms with van der Waals surface area (Å²) in [6.07, 6.45) is 0.0104. The third kappa shape index (κ3) is 14.0. The number of benzene rings is 5. The normalized spacial score (nSPS) is 12.6. The molecule has 0 bridgehead atoms. The number of methoxy groups -OCH3 is 2. The number of azo groups is 3. The summed E-state index contributed by atoms with van der Waals surface area (Å²) >= 11 is 1.90. The number of thiazole rings is 1. The maximum Gasteiger partial charge on any atom is 0.299 e. The number of anilines is 1. The van der Waals surface area contributed by atoms with Gasteiger partial charge >= 0.3 is 0 Å². The molecule has 0 atom stereocenters. The van der Waals surface area contributed by atoms with Crippen LogP contribution in [0.1, 0.15) is 24.0 Å². The second-order valence-electron chi connectivity index (χ2n) is 16.7. The van der Waals surface area contributed by atoms with Gasteiger partial charge < -0.3 is 24.6 Å². The Hall–Kier alpha value is -7.09. The Bertz CT molecular complexity index is 4330. The fourth-order valence-electron chi connectivity index (χ4n) is 8.24. The van der Waals surface area contributed by atoms with E-state index in [1.165, 1.54) is 42.7 Å². The Balaban J connectivity index is 1.29. The number of pyridine rings is 1. The minimum absolute atomic E-state index is 0.0101. The lowest BCUT2D eigenvalue weighted by molar-refractivity contribution is -0.432. The Morgan fingerprint density at radius 3 is 2.08 bits per heavy atom. The van der Waals surface area contributed by atoms with Crippen LogP contribution in [0.2, 0.25) is 0 Å². The van der Waals surface area contributed by atoms with Gasteiger partial charge in [-0.25, -0.2) is 25.7 Å². The molecule has 0 aliphatic heterocycles. The van der Waals surface area contributed by atoms with Crippen molar-refractivity contribution in [3.63, 3.8) is 0 Å². The third-order valence-corrected chi connectivity index (χ3v) is 17.3. The summed E-state index contributed by atoms with van der Waals surface area (Å²) < 4.78 is 131. The molecule has 0 aliphatic carbocycles. The van der Waals surface area contributed by atoms with E-state index < -0.39 is 74.7 Å². The summed E-state index contributed by atoms with van der Waals surface area (Å²) in [5.74, 6) is -2.37. The van der Waals surface area contributed by atoms with Gasteiger partial charge in [-0.1, -0.05) is 38.6 Å². The zero-order valence-electron chi connectivity index (χ0n) is 42.6. The first-order chi connectivity index (χ1) is 40.0. The number of phenolic OH excluding ortho intramolecular Hbond substituents is 1. The summed E-state index contributed by atoms with van der Waals surface area (Å²) in [4.78, 5) is 8.41. The largest absolute Gasteiger partial charge is 0.505 e. The van der Waals surface area contributed by atoms with E-state index >= 15 is 0 Å². The van der Waals surface area contributed by atoms with Crippen LogP contribution in [-0.4, -0.2) is 118 Å². The maximum absolute atomic E-state index is 13.0. The molecule has 8 N–H and O–H groups in total. The van der Waals surface area contributed by atoms with Gasteiger partial charge in [0.1, 0.15) is 45.0 Å². The minimum Gasteiger partial charge on any atom is -0.505 e. The Kier molecular flexibility index (Phi) is 20.1. The Labute approximate surface area is 488 Å². The van der Waals surface area contributed by atoms with Crippen molar-refractivity contribution < 1.29 is 102 Å². The van der Waals surface area contributed by atoms with Crippen molar-refractivity contribution in [1.82, 2.24) is 14.4 Å². The molecule has 0 saturated heterocycles. The van der Waals surface area contributed by atoms with Crippen LogP contribution in [0.15, 0.2) is 111 Å². The molecule has 8 rings (SSSR count). The highest BCUT2D eigenvalue weighted by molar-refractivity contribution is 7.95. The lowest BCUT2D eigenvalue weighted by Crippen LogP contribution is -2.27. The third-order valence-electron chi connectivity index (χ3n) is 11.7. The van der Waals surface area contributed by atoms with E-state index in [-0.39, 0.29) is 125 Å². The van der Waals surface area contributed by atoms with Gasteiger partial charge in [0, 0.05) is 47.9 Å². The van der Waals surface area contributed by atoms with Crippen LogP contribution in [0.5, 0.6) is 23.1 Å². The van der Waals surface area contributed by atoms with Gasteiger partial charge in [0.25, 0.3) is 30.4 Å². The average Bonchev–Trinajstić information content (AvgIpc) is 1.89. The molecular formula is C44H39N11O22S7. The number of nitrogens with zero attached hydrogens (tertiary/aromatic N) is 11. The number of rotatable bonds is 27. The number of ether oxygens (including phenoxy) is 2. The number of hydrogen-bond acceptors (Lipinski definition) is 33. The number of aromatic nitrogens is 3. The monoisotopic (exact) mass is 1300 g/mol. The van der Waals surface area contributed by atoms with Crippen molar-refractivity contribution in [2.75, 3.05) is 43.7 Å². The molecule has 3 aromatic heterocycles. The number of aromatic hydroxyl groups is 2. The van der Waals surface area contributed by atoms with Crippen molar-refractivity contribution in [3.8, 4) is 29.2 Å². The van der Waals surface area contributed by atoms with Gasteiger partial charge in [0.05, 0.1) is 80.8 Å². The van der Waals surface area contributed by atoms with E-state index in [0.29, 0.717) is 46.5 Å². The summed E-state index contributed by atoms with van der Waals surface area (Å²) in [6.45, 7) is 1.33. The topological polar surface area (TPSA) is 469 Å². The predicted octanol–water partition coefficient (Wildman–Crippen LogP) is 11.0. The number of fused-ring (bicyclic) bond motifs is 5. The van der Waals surface area contributed by atoms with Crippen LogP contribution >= 0.6 is 47.5 Å². The number of phenols is 1. The van der Waals surface area contributed by atoms with E-state index in [9.17, 15) is 59.6 Å². The molecule has 0 fully saturated rings. The molecule has 0 unspecified atom stereocenters. The van der Waals surface area contributed by atoms with Crippen LogP contribution in [-0.2, 0) is 58.5 Å². The van der Waals surface area contributed by atoms with E-state index in [1.54, 1.807) is 29.2 Å². The van der Waals surface area contributed by atoms with E-state index in [2.05, 4.69) is 68.8 Å². The molecule has 0 spiro atoms. The van der Waals surface area contributed by atoms with Gasteiger partial charge in [0.2, 0.25) is 11.0 Å². The Morgan fingerprint density at radius 1 is 0.738 bits per heavy atom. The lowest BCUT2D eigenvalue weighted by atomic mass is 10.1. The standard InChI is InChI=1S/C44H39N11O22S7/c1-21-24(20-45)42-46-25-8-4-5-9-30(25)55(42)43(57)36(21)51-50-28-16-23-22(15-35(28)83(64,65)66)14-33(80-76-73-59)37(38(23)56)52-48-26-18-32(70-2)27(17-31(26)54(10-6-12-78-75-72-58)11-7-13-82(61,62)63)49-53-44-47-29-19-34(81-77-74-60)39(71-3)41(40(29)79-44)84(67,68)69/h4-5,8-9,14-19,56-60H,6-7,10-13H2,1-3H3,(H,61,62,63)(H,64,65,66)(H,67,68,69). The van der Waals surface area contributed by atoms with Crippen LogP contribution in [0.25, 0.3) is 37.7 Å². The SMILES string of the molecule is COc1cc(N=Nc2c(SOOO)cc3cc(S(=O)(=O)O)c(N=Nc4c(C)c(C#N)c5nc6ccccc6n5c4O)cc3c2O)c(N(CCCSOOO)CCCS(=O)(=O)O)cc1N=Nc1nc2cc(SOOO)c(OC)c(S(=O)(=O)O)c2s1. The minimum atomic E-state index is -5.17. The lowest BCUT2D eigenvalue weighted by Gasteiger charge is -2.26. The van der Waals surface area contributed by atoms with E-state index in [1.807, 2.05) is 6.07 Å². The van der Waals surface area contributed by atoms with Crippen LogP contribution in [0.4, 0.5) is 39.3 Å². The molecule has 444 valence electrons. The summed E-state index contributed by atoms with van der Waals surface area (Å²) in [5.41, 5.74) is -0.591. The molecule has 0 aliphatic rings. The molecule has 3 heterocycles. The van der Waals surface area contributed by atoms with E-state index in [4.69, 9.17) is 20.0 Å². The van der Waals surface area contributed by atoms with Gasteiger partial charge in [-0.2, -0.15) is 30.5 Å². The summed E-state index contributed by atoms with van der Waals surface area (Å²) in [6, 6.07) is 15.7. The van der Waals surface area contributed by atoms with Gasteiger partial charge in [-0.3, -0.25) is 18.1 Å². The molecule has 0 amide bonds. The van der Waals surface area contributed by atoms with Crippen molar-refractivity contribution in [2.24, 2.45) is 30.7 Å². The zero-order valence-corrected chi connectivity index (χ0v) is 48.3. The highest BCUT2D eigenvalue weighted by Gasteiger charge is 2.29. The highest BCUT2D eigenvalue weighted by atomic mass is 32.2. The highest BCUT2D eigenvalue weighted by Crippen LogP contribution is 2.50. The number of nitriles is 1. The molecular weight excluding hydrogens is 1260 g/mol. The first kappa shape index (κ1) is 62.9. The fraction of sp³-hybridized carbons (Fsp3) is 0.205. The predicted molar refractivity (Wildman–Crippen MR) is 297 cm³/mol. The quantitative estimate of drug-likeness (QED) is 0.00592. The van der Waals surface area contributed by atoms with Crippen LogP contribution < -0.4 is 14.4 Å². The smallest absolute Gasteiger partial charge is 0.299 e. The first-order valence-corrected chi connectivity index (χ1v) is 30.6. The van der Waals surface area contributed by atoms with Crippen molar-refractivity contribution in [2.45, 2.75) is 39.3 Å². The number of imidazole rings is 1. The zero-order chi connectivity index (χ0) is 60.7. The first-order valence-electron chi connectivity index (χ1n) is 22.9. The average molecular weight is 1300 g/mol. The second-order valence-corrected chi connectivity index (χ2v) is 24.3. The molecule has 84 heavy (non-hydrogen) atoms. The van der Waals surface area contributed by atoms with Crippen LogP contribution in [0.3, 0.4) is 0 Å². The second kappa shape index (κ2) is 26.9. The van der Waals surface area contributed by atoms with Gasteiger partial charge in [-0.15, -0.1) is 43.7 Å². The fourth-order valence-corrected chi connectivity index (χ4v) is 12.8. The Morgan fingerprint density at radius 2 is 1.42 bits per heavy atom. The molecule has 40 heteroatoms. The summed E-state index contributed by atoms with van der Waals surface area (Å²) in [5, 5.41) is 96.4. The van der Waals surface area contributed by atoms with Crippen molar-refractivity contribution in [3.05, 3.63) is 71.8 Å². The maximum atomic E-state index is 13.0. The molecule has 8 aromatic rings.